The van der Waals surface area contributed by atoms with E-state index in [0.717, 1.165) is 0 Å². The monoisotopic (exact) mass is 313 g/mol. The molecule has 0 heterocycles. The third kappa shape index (κ3) is 6.18. The number of carbonyl (C=O) groups excluding carboxylic acids is 1. The van der Waals surface area contributed by atoms with Crippen molar-refractivity contribution in [3.63, 3.8) is 0 Å². The first-order valence-electron chi connectivity index (χ1n) is 5.58. The van der Waals surface area contributed by atoms with E-state index in [1.165, 1.54) is 18.3 Å². The van der Waals surface area contributed by atoms with E-state index in [1.807, 2.05) is 6.92 Å². The van der Waals surface area contributed by atoms with E-state index >= 15 is 0 Å². The van der Waals surface area contributed by atoms with Crippen LogP contribution in [0.15, 0.2) is 0 Å². The summed E-state index contributed by atoms with van der Waals surface area (Å²) in [5.41, 5.74) is -3.22. The van der Waals surface area contributed by atoms with Gasteiger partial charge < -0.3 is 14.9 Å². The summed E-state index contributed by atoms with van der Waals surface area (Å²) in [7, 11) is 0. The largest absolute Gasteiger partial charge is 0.480 e. The van der Waals surface area contributed by atoms with E-state index in [2.05, 4.69) is 5.32 Å². The van der Waals surface area contributed by atoms with Gasteiger partial charge in [-0.15, -0.1) is 0 Å². The van der Waals surface area contributed by atoms with Gasteiger partial charge in [-0.2, -0.15) is 0 Å². The van der Waals surface area contributed by atoms with Crippen molar-refractivity contribution in [2.75, 3.05) is 19.0 Å². The van der Waals surface area contributed by atoms with Crippen LogP contribution in [0.4, 0.5) is 0 Å². The molecule has 0 aliphatic carbocycles. The summed E-state index contributed by atoms with van der Waals surface area (Å²) >= 11 is 6.51. The van der Waals surface area contributed by atoms with Crippen molar-refractivity contribution in [1.29, 1.82) is 0 Å². The Balaban J connectivity index is 4.36. The Bertz CT molecular complexity index is 364. The molecule has 106 valence electrons. The third-order valence-corrected chi connectivity index (χ3v) is 7.35. The Kier molecular flexibility index (Phi) is 7.44. The normalized spacial score (nSPS) is 17.6. The van der Waals surface area contributed by atoms with Crippen LogP contribution in [-0.4, -0.2) is 41.5 Å². The van der Waals surface area contributed by atoms with Crippen molar-refractivity contribution < 1.29 is 19.2 Å². The zero-order valence-corrected chi connectivity index (χ0v) is 13.6. The summed E-state index contributed by atoms with van der Waals surface area (Å²) in [6, 6.07) is 0. The van der Waals surface area contributed by atoms with Gasteiger partial charge in [0.25, 0.3) is 0 Å². The molecule has 0 fully saturated rings. The van der Waals surface area contributed by atoms with Crippen LogP contribution in [0.3, 0.4) is 0 Å². The molecule has 1 amide bonds. The molecule has 2 atom stereocenters. The molecule has 0 aromatic heterocycles. The maximum atomic E-state index is 11.7. The Morgan fingerprint density at radius 3 is 2.44 bits per heavy atom. The number of nitrogens with one attached hydrogen (secondary N) is 1. The highest BCUT2D eigenvalue weighted by molar-refractivity contribution is 8.69. The number of amides is 1. The number of hydrogen-bond acceptors (Lipinski definition) is 5. The van der Waals surface area contributed by atoms with Crippen molar-refractivity contribution in [3.05, 3.63) is 0 Å². The number of carboxylic acids is 1. The van der Waals surface area contributed by atoms with E-state index in [1.54, 1.807) is 13.6 Å². The molecule has 18 heavy (non-hydrogen) atoms. The number of hydrogen-bond donors (Lipinski definition) is 2. The molecule has 8 heteroatoms. The Labute approximate surface area is 117 Å². The van der Waals surface area contributed by atoms with Crippen molar-refractivity contribution in [2.24, 2.45) is 0 Å². The van der Waals surface area contributed by atoms with Gasteiger partial charge in [-0.25, -0.2) is 4.79 Å². The lowest BCUT2D eigenvalue weighted by atomic mass is 9.99. The van der Waals surface area contributed by atoms with Crippen molar-refractivity contribution >= 4 is 40.5 Å². The van der Waals surface area contributed by atoms with Gasteiger partial charge in [0.2, 0.25) is 5.91 Å². The van der Waals surface area contributed by atoms with Gasteiger partial charge in [0, 0.05) is 6.61 Å². The Morgan fingerprint density at radius 2 is 2.06 bits per heavy atom. The lowest BCUT2D eigenvalue weighted by Gasteiger charge is -2.25. The van der Waals surface area contributed by atoms with Crippen LogP contribution in [0.2, 0.25) is 0 Å². The summed E-state index contributed by atoms with van der Waals surface area (Å²) in [4.78, 5) is 22.7. The van der Waals surface area contributed by atoms with E-state index < -0.39 is 17.0 Å². The number of carboxylic acid groups (broad SMARTS) is 1. The summed E-state index contributed by atoms with van der Waals surface area (Å²) in [6.45, 7) is 7.38. The smallest absolute Gasteiger partial charge is 0.329 e. The minimum atomic E-state index is -2.00. The summed E-state index contributed by atoms with van der Waals surface area (Å²) < 4.78 is 5.38. The first-order chi connectivity index (χ1) is 8.17. The maximum Gasteiger partial charge on any atom is 0.329 e. The molecule has 0 radical (unpaired) electrons. The highest BCUT2D eigenvalue weighted by Crippen LogP contribution is 2.56. The van der Waals surface area contributed by atoms with E-state index in [9.17, 15) is 9.59 Å². The highest BCUT2D eigenvalue weighted by atomic mass is 32.9. The van der Waals surface area contributed by atoms with E-state index in [0.29, 0.717) is 13.0 Å². The summed E-state index contributed by atoms with van der Waals surface area (Å²) in [6.07, 6.45) is 0.324. The van der Waals surface area contributed by atoms with Crippen LogP contribution in [0.1, 0.15) is 27.2 Å². The van der Waals surface area contributed by atoms with Gasteiger partial charge in [-0.05, 0) is 26.9 Å². The zero-order chi connectivity index (χ0) is 14.4. The van der Waals surface area contributed by atoms with Gasteiger partial charge in [0.05, 0.1) is 5.75 Å². The first kappa shape index (κ1) is 17.9. The lowest BCUT2D eigenvalue weighted by molar-refractivity contribution is -0.146. The molecule has 0 unspecified atom stereocenters. The topological polar surface area (TPSA) is 75.6 Å². The Hall–Kier alpha value is -0.100. The van der Waals surface area contributed by atoms with E-state index in [4.69, 9.17) is 21.4 Å². The predicted molar refractivity (Wildman–Crippen MR) is 78.8 cm³/mol. The van der Waals surface area contributed by atoms with Crippen LogP contribution < -0.4 is 5.32 Å². The zero-order valence-electron chi connectivity index (χ0n) is 11.1. The molecule has 0 aromatic carbocycles. The van der Waals surface area contributed by atoms with Crippen molar-refractivity contribution in [2.45, 2.75) is 32.7 Å². The molecular weight excluding hydrogens is 293 g/mol. The molecule has 0 aliphatic rings. The van der Waals surface area contributed by atoms with Gasteiger partial charge in [0.15, 0.2) is 0 Å². The molecule has 0 saturated heterocycles. The van der Waals surface area contributed by atoms with Crippen molar-refractivity contribution in [1.82, 2.24) is 5.32 Å². The predicted octanol–water partition coefficient (Wildman–Crippen LogP) is 2.06. The second-order valence-corrected chi connectivity index (χ2v) is 12.0. The fourth-order valence-electron chi connectivity index (χ4n) is 1.08. The maximum absolute atomic E-state index is 11.7. The second-order valence-electron chi connectivity index (χ2n) is 4.00. The fraction of sp³-hybridized carbons (Fsp3) is 0.800. The lowest BCUT2D eigenvalue weighted by Crippen LogP contribution is -2.52. The number of aliphatic carboxylic acids is 1. The quantitative estimate of drug-likeness (QED) is 0.668. The van der Waals surface area contributed by atoms with Crippen molar-refractivity contribution in [3.8, 4) is 0 Å². The Morgan fingerprint density at radius 1 is 1.50 bits per heavy atom. The molecule has 0 bridgehead atoms. The second kappa shape index (κ2) is 7.48. The van der Waals surface area contributed by atoms with Gasteiger partial charge in [-0.1, -0.05) is 30.1 Å². The van der Waals surface area contributed by atoms with Crippen LogP contribution in [0.5, 0.6) is 0 Å². The molecule has 2 N–H and O–H groups in total. The van der Waals surface area contributed by atoms with Gasteiger partial charge in [-0.3, -0.25) is 4.79 Å². The SMILES string of the molecule is CCO[P@@](C)(=S)SCC(=O)N[C@@](C)(CC)C(=O)O. The van der Waals surface area contributed by atoms with Gasteiger partial charge in [0.1, 0.15) is 11.0 Å². The molecule has 0 spiro atoms. The molecule has 0 aromatic rings. The van der Waals surface area contributed by atoms with Crippen LogP contribution in [0.25, 0.3) is 0 Å². The standard InChI is InChI=1S/C10H20NO4PS2/c1-5-10(3,9(13)14)11-8(12)7-18-16(4,17)15-6-2/h5-7H2,1-4H3,(H,11,12)(H,13,14)/t10-,16-/m0/s1. The fourth-order valence-corrected chi connectivity index (χ4v) is 4.44. The van der Waals surface area contributed by atoms with Crippen LogP contribution >= 0.6 is 16.8 Å². The molecule has 0 aliphatic heterocycles. The summed E-state index contributed by atoms with van der Waals surface area (Å²) in [5, 5.41) is 11.5. The molecular formula is C10H20NO4PS2. The van der Waals surface area contributed by atoms with Crippen LogP contribution in [-0.2, 0) is 25.9 Å². The van der Waals surface area contributed by atoms with Gasteiger partial charge >= 0.3 is 5.97 Å². The van der Waals surface area contributed by atoms with Crippen LogP contribution in [0, 0.1) is 0 Å². The average molecular weight is 313 g/mol. The first-order valence-corrected chi connectivity index (χ1v) is 10.3. The molecule has 5 nitrogen and oxygen atoms in total. The third-order valence-electron chi connectivity index (χ3n) is 2.39. The number of carbonyl (C=O) groups is 2. The number of rotatable bonds is 8. The molecule has 0 saturated carbocycles. The minimum Gasteiger partial charge on any atom is -0.480 e. The minimum absolute atomic E-state index is 0.122. The van der Waals surface area contributed by atoms with E-state index in [-0.39, 0.29) is 11.7 Å². The molecule has 0 rings (SSSR count). The average Bonchev–Trinajstić information content (AvgIpc) is 2.26. The summed E-state index contributed by atoms with van der Waals surface area (Å²) in [5.74, 6) is -1.25. The highest BCUT2D eigenvalue weighted by Gasteiger charge is 2.32.